The third-order valence-corrected chi connectivity index (χ3v) is 6.11. The Bertz CT molecular complexity index is 910. The van der Waals surface area contributed by atoms with Crippen LogP contribution in [0.3, 0.4) is 0 Å². The molecule has 0 bridgehead atoms. The number of para-hydroxylation sites is 2. The second-order valence-corrected chi connectivity index (χ2v) is 8.22. The largest absolute Gasteiger partial charge is 0.354 e. The monoisotopic (exact) mass is 337 g/mol. The molecule has 1 N–H and O–H groups in total. The normalized spacial score (nSPS) is 20.0. The van der Waals surface area contributed by atoms with E-state index in [4.69, 9.17) is 0 Å². The zero-order chi connectivity index (χ0) is 16.6. The van der Waals surface area contributed by atoms with Gasteiger partial charge in [0.25, 0.3) is 0 Å². The van der Waals surface area contributed by atoms with Crippen LogP contribution in [0.25, 0.3) is 11.0 Å². The Kier molecular flexibility index (Phi) is 4.01. The number of nitrogens with one attached hydrogen (secondary N) is 1. The molecule has 0 saturated carbocycles. The highest BCUT2D eigenvalue weighted by Gasteiger charge is 2.28. The number of aryl methyl sites for hydroxylation is 1. The van der Waals surface area contributed by atoms with Gasteiger partial charge >= 0.3 is 5.69 Å². The molecule has 1 aliphatic rings. The molecule has 0 spiro atoms. The van der Waals surface area contributed by atoms with Gasteiger partial charge in [0.05, 0.1) is 22.5 Å². The lowest BCUT2D eigenvalue weighted by atomic mass is 10.1. The summed E-state index contributed by atoms with van der Waals surface area (Å²) in [5.74, 6) is -0.00130. The molecule has 1 amide bonds. The fourth-order valence-electron chi connectivity index (χ4n) is 3.01. The van der Waals surface area contributed by atoms with Crippen molar-refractivity contribution in [2.24, 2.45) is 13.0 Å². The Morgan fingerprint density at radius 3 is 2.65 bits per heavy atom. The van der Waals surface area contributed by atoms with Crippen molar-refractivity contribution in [3.63, 3.8) is 0 Å². The number of carbonyl (C=O) groups excluding carboxylic acids is 1. The summed E-state index contributed by atoms with van der Waals surface area (Å²) >= 11 is 0. The van der Waals surface area contributed by atoms with E-state index in [0.29, 0.717) is 18.5 Å². The van der Waals surface area contributed by atoms with Crippen molar-refractivity contribution in [1.29, 1.82) is 0 Å². The fourth-order valence-corrected chi connectivity index (χ4v) is 4.87. The van der Waals surface area contributed by atoms with Crippen molar-refractivity contribution < 1.29 is 13.2 Å². The first-order valence-corrected chi connectivity index (χ1v) is 9.31. The zero-order valence-corrected chi connectivity index (χ0v) is 13.7. The Balaban J connectivity index is 1.69. The highest BCUT2D eigenvalue weighted by molar-refractivity contribution is 7.91. The molecule has 1 aliphatic heterocycles. The van der Waals surface area contributed by atoms with Gasteiger partial charge in [-0.2, -0.15) is 0 Å². The third-order valence-electron chi connectivity index (χ3n) is 4.27. The molecule has 23 heavy (non-hydrogen) atoms. The fraction of sp³-hybridized carbons (Fsp3) is 0.467. The summed E-state index contributed by atoms with van der Waals surface area (Å²) < 4.78 is 25.8. The van der Waals surface area contributed by atoms with Gasteiger partial charge in [0.2, 0.25) is 5.91 Å². The molecule has 124 valence electrons. The topological polar surface area (TPSA) is 90.2 Å². The van der Waals surface area contributed by atoms with Crippen LogP contribution >= 0.6 is 0 Å². The minimum Gasteiger partial charge on any atom is -0.354 e. The highest BCUT2D eigenvalue weighted by Crippen LogP contribution is 2.17. The molecular weight excluding hydrogens is 318 g/mol. The molecule has 3 rings (SSSR count). The molecule has 1 aromatic carbocycles. The average molecular weight is 337 g/mol. The molecule has 1 atom stereocenters. The van der Waals surface area contributed by atoms with E-state index in [-0.39, 0.29) is 35.6 Å². The lowest BCUT2D eigenvalue weighted by Crippen LogP contribution is -2.35. The summed E-state index contributed by atoms with van der Waals surface area (Å²) in [5.41, 5.74) is 1.23. The number of amides is 1. The Labute approximate surface area is 133 Å². The molecule has 2 aromatic rings. The molecule has 8 heteroatoms. The van der Waals surface area contributed by atoms with Crippen LogP contribution in [0.1, 0.15) is 6.42 Å². The highest BCUT2D eigenvalue weighted by atomic mass is 32.2. The number of hydrogen-bond acceptors (Lipinski definition) is 4. The second-order valence-electron chi connectivity index (χ2n) is 5.99. The predicted octanol–water partition coefficient (Wildman–Crippen LogP) is -0.109. The van der Waals surface area contributed by atoms with E-state index < -0.39 is 9.84 Å². The SMILES string of the molecule is Cn1c(=O)n(CC(=O)NC[C@H]2CCS(=O)(=O)C2)c2ccccc21. The van der Waals surface area contributed by atoms with Crippen LogP contribution in [0.2, 0.25) is 0 Å². The van der Waals surface area contributed by atoms with Gasteiger partial charge in [-0.15, -0.1) is 0 Å². The molecule has 0 aliphatic carbocycles. The van der Waals surface area contributed by atoms with E-state index >= 15 is 0 Å². The van der Waals surface area contributed by atoms with Crippen LogP contribution in [0.5, 0.6) is 0 Å². The van der Waals surface area contributed by atoms with Gasteiger partial charge in [0.1, 0.15) is 6.54 Å². The number of fused-ring (bicyclic) bond motifs is 1. The van der Waals surface area contributed by atoms with E-state index in [1.807, 2.05) is 18.2 Å². The zero-order valence-electron chi connectivity index (χ0n) is 12.9. The number of hydrogen-bond donors (Lipinski definition) is 1. The van der Waals surface area contributed by atoms with Crippen molar-refractivity contribution in [1.82, 2.24) is 14.5 Å². The van der Waals surface area contributed by atoms with Crippen molar-refractivity contribution in [2.45, 2.75) is 13.0 Å². The van der Waals surface area contributed by atoms with Crippen LogP contribution in [-0.2, 0) is 28.2 Å². The second kappa shape index (κ2) is 5.84. The van der Waals surface area contributed by atoms with Crippen LogP contribution in [-0.4, -0.2) is 41.5 Å². The maximum atomic E-state index is 12.2. The predicted molar refractivity (Wildman–Crippen MR) is 86.9 cm³/mol. The quantitative estimate of drug-likeness (QED) is 0.843. The van der Waals surface area contributed by atoms with E-state index in [1.165, 1.54) is 9.13 Å². The molecular formula is C15H19N3O4S. The van der Waals surface area contributed by atoms with Crippen LogP contribution in [0.4, 0.5) is 0 Å². The summed E-state index contributed by atoms with van der Waals surface area (Å²) in [7, 11) is -1.28. The number of rotatable bonds is 4. The summed E-state index contributed by atoms with van der Waals surface area (Å²) in [6.07, 6.45) is 0.580. The van der Waals surface area contributed by atoms with Crippen molar-refractivity contribution >= 4 is 26.8 Å². The standard InChI is InChI=1S/C15H19N3O4S/c1-17-12-4-2-3-5-13(12)18(15(17)20)9-14(19)16-8-11-6-7-23(21,22)10-11/h2-5,11H,6-10H2,1H3,(H,16,19)/t11-/m1/s1. The van der Waals surface area contributed by atoms with Gasteiger partial charge in [0, 0.05) is 13.6 Å². The first kappa shape index (κ1) is 15.8. The Morgan fingerprint density at radius 1 is 1.30 bits per heavy atom. The van der Waals surface area contributed by atoms with Gasteiger partial charge in [-0.05, 0) is 24.5 Å². The number of nitrogens with zero attached hydrogens (tertiary/aromatic N) is 2. The molecule has 1 saturated heterocycles. The summed E-state index contributed by atoms with van der Waals surface area (Å²) in [6, 6.07) is 7.29. The summed E-state index contributed by atoms with van der Waals surface area (Å²) in [6.45, 7) is 0.261. The Morgan fingerprint density at radius 2 is 2.00 bits per heavy atom. The average Bonchev–Trinajstić information content (AvgIpc) is 2.98. The molecule has 0 radical (unpaired) electrons. The number of benzene rings is 1. The third kappa shape index (κ3) is 3.17. The first-order valence-electron chi connectivity index (χ1n) is 7.49. The maximum Gasteiger partial charge on any atom is 0.329 e. The van der Waals surface area contributed by atoms with Crippen molar-refractivity contribution in [3.8, 4) is 0 Å². The number of sulfone groups is 1. The van der Waals surface area contributed by atoms with Gasteiger partial charge in [-0.25, -0.2) is 13.2 Å². The maximum absolute atomic E-state index is 12.2. The minimum atomic E-state index is -2.94. The van der Waals surface area contributed by atoms with Gasteiger partial charge in [-0.3, -0.25) is 13.9 Å². The lowest BCUT2D eigenvalue weighted by Gasteiger charge is -2.10. The van der Waals surface area contributed by atoms with Crippen LogP contribution in [0, 0.1) is 5.92 Å². The minimum absolute atomic E-state index is 0.0341. The van der Waals surface area contributed by atoms with Crippen LogP contribution < -0.4 is 11.0 Å². The van der Waals surface area contributed by atoms with Crippen molar-refractivity contribution in [3.05, 3.63) is 34.7 Å². The van der Waals surface area contributed by atoms with E-state index in [2.05, 4.69) is 5.32 Å². The molecule has 7 nitrogen and oxygen atoms in total. The van der Waals surface area contributed by atoms with Gasteiger partial charge < -0.3 is 5.32 Å². The van der Waals surface area contributed by atoms with E-state index in [0.717, 1.165) is 5.52 Å². The molecule has 0 unspecified atom stereocenters. The molecule has 1 aromatic heterocycles. The number of imidazole rings is 1. The number of aromatic nitrogens is 2. The molecule has 2 heterocycles. The van der Waals surface area contributed by atoms with Gasteiger partial charge in [-0.1, -0.05) is 12.1 Å². The first-order chi connectivity index (χ1) is 10.9. The van der Waals surface area contributed by atoms with Gasteiger partial charge in [0.15, 0.2) is 9.84 Å². The molecule has 1 fully saturated rings. The van der Waals surface area contributed by atoms with E-state index in [9.17, 15) is 18.0 Å². The van der Waals surface area contributed by atoms with Crippen molar-refractivity contribution in [2.75, 3.05) is 18.1 Å². The van der Waals surface area contributed by atoms with Crippen LogP contribution in [0.15, 0.2) is 29.1 Å². The van der Waals surface area contributed by atoms with E-state index in [1.54, 1.807) is 13.1 Å². The summed E-state index contributed by atoms with van der Waals surface area (Å²) in [4.78, 5) is 24.3. The smallest absolute Gasteiger partial charge is 0.329 e. The lowest BCUT2D eigenvalue weighted by molar-refractivity contribution is -0.121. The number of carbonyl (C=O) groups is 1. The Hall–Kier alpha value is -2.09. The summed E-state index contributed by atoms with van der Waals surface area (Å²) in [5, 5.41) is 2.74.